The molecule has 19 heavy (non-hydrogen) atoms. The van der Waals surface area contributed by atoms with Crippen LogP contribution in [-0.4, -0.2) is 14.5 Å². The third-order valence-corrected chi connectivity index (χ3v) is 7.38. The first-order valence-corrected chi connectivity index (χ1v) is 9.54. The first-order valence-electron chi connectivity index (χ1n) is 6.44. The average molecular weight is 367 g/mol. The van der Waals surface area contributed by atoms with E-state index in [1.807, 2.05) is 0 Å². The van der Waals surface area contributed by atoms with Crippen molar-refractivity contribution in [2.45, 2.75) is 50.1 Å². The van der Waals surface area contributed by atoms with Gasteiger partial charge in [-0.15, -0.1) is 11.3 Å². The minimum absolute atomic E-state index is 0.0480. The Morgan fingerprint density at radius 1 is 1.47 bits per heavy atom. The second kappa shape index (κ2) is 6.22. The van der Waals surface area contributed by atoms with Crippen molar-refractivity contribution in [2.75, 3.05) is 0 Å². The Morgan fingerprint density at radius 2 is 2.16 bits per heavy atom. The van der Waals surface area contributed by atoms with Gasteiger partial charge in [0.25, 0.3) is 0 Å². The Labute approximate surface area is 127 Å². The fourth-order valence-electron chi connectivity index (χ4n) is 2.44. The summed E-state index contributed by atoms with van der Waals surface area (Å²) in [6, 6.07) is 1.71. The van der Waals surface area contributed by atoms with E-state index in [1.54, 1.807) is 6.07 Å². The van der Waals surface area contributed by atoms with Gasteiger partial charge in [-0.3, -0.25) is 0 Å². The van der Waals surface area contributed by atoms with Gasteiger partial charge in [-0.1, -0.05) is 19.8 Å². The third-order valence-electron chi connectivity index (χ3n) is 3.62. The van der Waals surface area contributed by atoms with E-state index >= 15 is 0 Å². The Bertz CT molecular complexity index is 542. The molecule has 4 nitrogen and oxygen atoms in total. The number of thiophene rings is 1. The molecule has 2 atom stereocenters. The molecule has 1 aromatic rings. The number of nitrogens with one attached hydrogen (secondary N) is 1. The van der Waals surface area contributed by atoms with E-state index in [0.717, 1.165) is 24.1 Å². The fraction of sp³-hybridized carbons (Fsp3) is 0.667. The molecule has 1 fully saturated rings. The molecule has 0 aromatic carbocycles. The van der Waals surface area contributed by atoms with Gasteiger partial charge in [-0.2, -0.15) is 0 Å². The molecule has 2 rings (SSSR count). The molecule has 0 saturated heterocycles. The van der Waals surface area contributed by atoms with Crippen LogP contribution in [0.3, 0.4) is 0 Å². The maximum atomic E-state index is 12.4. The standard InChI is InChI=1S/C12H19BrN2O2S2/c1-8-4-2-3-5-10(8)15-19(16,17)11-6-9(7-14)18-12(11)13/h6,8,10,15H,2-5,7,14H2,1H3. The van der Waals surface area contributed by atoms with Crippen LogP contribution in [0, 0.1) is 5.92 Å². The molecule has 108 valence electrons. The van der Waals surface area contributed by atoms with Crippen molar-refractivity contribution in [1.82, 2.24) is 4.72 Å². The zero-order chi connectivity index (χ0) is 14.0. The molecule has 0 bridgehead atoms. The molecule has 7 heteroatoms. The lowest BCUT2D eigenvalue weighted by Crippen LogP contribution is -2.40. The Kier molecular flexibility index (Phi) is 5.05. The van der Waals surface area contributed by atoms with Gasteiger partial charge < -0.3 is 5.73 Å². The molecule has 2 unspecified atom stereocenters. The van der Waals surface area contributed by atoms with E-state index < -0.39 is 10.0 Å². The van der Waals surface area contributed by atoms with E-state index in [2.05, 4.69) is 27.6 Å². The summed E-state index contributed by atoms with van der Waals surface area (Å²) in [5.41, 5.74) is 5.56. The maximum Gasteiger partial charge on any atom is 0.242 e. The van der Waals surface area contributed by atoms with Crippen molar-refractivity contribution in [1.29, 1.82) is 0 Å². The van der Waals surface area contributed by atoms with Gasteiger partial charge in [0.1, 0.15) is 4.90 Å². The summed E-state index contributed by atoms with van der Waals surface area (Å²) >= 11 is 4.69. The molecule has 3 N–H and O–H groups in total. The zero-order valence-electron chi connectivity index (χ0n) is 10.9. The Morgan fingerprint density at radius 3 is 2.74 bits per heavy atom. The predicted molar refractivity (Wildman–Crippen MR) is 81.7 cm³/mol. The van der Waals surface area contributed by atoms with Gasteiger partial charge in [0.15, 0.2) is 0 Å². The molecule has 1 aromatic heterocycles. The normalized spacial score (nSPS) is 24.6. The van der Waals surface area contributed by atoms with Crippen LogP contribution >= 0.6 is 27.3 Å². The van der Waals surface area contributed by atoms with E-state index in [0.29, 0.717) is 21.1 Å². The average Bonchev–Trinajstić information content (AvgIpc) is 2.74. The van der Waals surface area contributed by atoms with Crippen molar-refractivity contribution in [3.63, 3.8) is 0 Å². The number of rotatable bonds is 4. The summed E-state index contributed by atoms with van der Waals surface area (Å²) in [6.45, 7) is 2.47. The third kappa shape index (κ3) is 3.58. The van der Waals surface area contributed by atoms with Crippen LogP contribution in [-0.2, 0) is 16.6 Å². The lowest BCUT2D eigenvalue weighted by molar-refractivity contribution is 0.310. The van der Waals surface area contributed by atoms with E-state index in [1.165, 1.54) is 17.8 Å². The van der Waals surface area contributed by atoms with Crippen LogP contribution in [0.25, 0.3) is 0 Å². The number of nitrogens with two attached hydrogens (primary N) is 1. The highest BCUT2D eigenvalue weighted by molar-refractivity contribution is 9.11. The van der Waals surface area contributed by atoms with Crippen molar-refractivity contribution in [3.8, 4) is 0 Å². The van der Waals surface area contributed by atoms with E-state index in [4.69, 9.17) is 5.73 Å². The van der Waals surface area contributed by atoms with Gasteiger partial charge in [-0.05, 0) is 40.8 Å². The highest BCUT2D eigenvalue weighted by atomic mass is 79.9. The number of hydrogen-bond acceptors (Lipinski definition) is 4. The van der Waals surface area contributed by atoms with Crippen molar-refractivity contribution < 1.29 is 8.42 Å². The lowest BCUT2D eigenvalue weighted by atomic mass is 9.87. The first kappa shape index (κ1) is 15.4. The van der Waals surface area contributed by atoms with Gasteiger partial charge in [0.2, 0.25) is 10.0 Å². The van der Waals surface area contributed by atoms with Crippen molar-refractivity contribution >= 4 is 37.3 Å². The summed E-state index contributed by atoms with van der Waals surface area (Å²) in [7, 11) is -3.45. The summed E-state index contributed by atoms with van der Waals surface area (Å²) in [4.78, 5) is 1.18. The first-order chi connectivity index (χ1) is 8.94. The van der Waals surface area contributed by atoms with Crippen LogP contribution in [0.5, 0.6) is 0 Å². The molecule has 1 heterocycles. The monoisotopic (exact) mass is 366 g/mol. The second-order valence-corrected chi connectivity index (χ2v) is 9.18. The topological polar surface area (TPSA) is 72.2 Å². The van der Waals surface area contributed by atoms with E-state index in [-0.39, 0.29) is 6.04 Å². The van der Waals surface area contributed by atoms with Crippen LogP contribution in [0.1, 0.15) is 37.5 Å². The van der Waals surface area contributed by atoms with Crippen LogP contribution in [0.15, 0.2) is 14.7 Å². The van der Waals surface area contributed by atoms with Gasteiger partial charge in [0, 0.05) is 17.5 Å². The highest BCUT2D eigenvalue weighted by Gasteiger charge is 2.28. The second-order valence-electron chi connectivity index (χ2n) is 5.04. The minimum Gasteiger partial charge on any atom is -0.326 e. The van der Waals surface area contributed by atoms with E-state index in [9.17, 15) is 8.42 Å². The smallest absolute Gasteiger partial charge is 0.242 e. The SMILES string of the molecule is CC1CCCCC1NS(=O)(=O)c1cc(CN)sc1Br. The summed E-state index contributed by atoms with van der Waals surface area (Å²) in [6.07, 6.45) is 4.30. The minimum atomic E-state index is -3.45. The van der Waals surface area contributed by atoms with Crippen LogP contribution < -0.4 is 10.5 Å². The molecule has 1 aliphatic rings. The molecular weight excluding hydrogens is 348 g/mol. The van der Waals surface area contributed by atoms with Crippen LogP contribution in [0.2, 0.25) is 0 Å². The highest BCUT2D eigenvalue weighted by Crippen LogP contribution is 2.32. The number of sulfonamides is 1. The largest absolute Gasteiger partial charge is 0.326 e. The fourth-order valence-corrected chi connectivity index (χ4v) is 6.38. The predicted octanol–water partition coefficient (Wildman–Crippen LogP) is 2.83. The summed E-state index contributed by atoms with van der Waals surface area (Å²) in [5.74, 6) is 0.398. The summed E-state index contributed by atoms with van der Waals surface area (Å²) in [5, 5.41) is 0. The number of hydrogen-bond donors (Lipinski definition) is 2. The molecule has 0 amide bonds. The molecule has 0 radical (unpaired) electrons. The number of halogens is 1. The quantitative estimate of drug-likeness (QED) is 0.860. The van der Waals surface area contributed by atoms with Crippen LogP contribution in [0.4, 0.5) is 0 Å². The Hall–Kier alpha value is 0.0500. The van der Waals surface area contributed by atoms with Gasteiger partial charge in [-0.25, -0.2) is 13.1 Å². The summed E-state index contributed by atoms with van der Waals surface area (Å²) < 4.78 is 28.3. The van der Waals surface area contributed by atoms with Gasteiger partial charge in [0.05, 0.1) is 3.79 Å². The lowest BCUT2D eigenvalue weighted by Gasteiger charge is -2.29. The zero-order valence-corrected chi connectivity index (χ0v) is 14.1. The molecule has 0 spiro atoms. The Balaban J connectivity index is 2.19. The molecule has 1 aliphatic carbocycles. The molecular formula is C12H19BrN2O2S2. The van der Waals surface area contributed by atoms with Crippen molar-refractivity contribution in [3.05, 3.63) is 14.7 Å². The van der Waals surface area contributed by atoms with Crippen molar-refractivity contribution in [2.24, 2.45) is 11.7 Å². The van der Waals surface area contributed by atoms with Gasteiger partial charge >= 0.3 is 0 Å². The maximum absolute atomic E-state index is 12.4. The molecule has 1 saturated carbocycles. The molecule has 0 aliphatic heterocycles.